The first-order valence-corrected chi connectivity index (χ1v) is 7.12. The lowest BCUT2D eigenvalue weighted by Gasteiger charge is -2.12. The molecule has 0 radical (unpaired) electrons. The summed E-state index contributed by atoms with van der Waals surface area (Å²) in [6.07, 6.45) is 3.02. The summed E-state index contributed by atoms with van der Waals surface area (Å²) in [6.45, 7) is 8.90. The molecule has 100 valence electrons. The Bertz CT molecular complexity index is 524. The second-order valence-corrected chi connectivity index (χ2v) is 5.89. The Morgan fingerprint density at radius 2 is 1.63 bits per heavy atom. The molecule has 0 spiro atoms. The monoisotopic (exact) mass is 253 g/mol. The van der Waals surface area contributed by atoms with Crippen LogP contribution in [0.4, 0.5) is 0 Å². The van der Waals surface area contributed by atoms with Crippen molar-refractivity contribution in [2.45, 2.75) is 40.0 Å². The number of rotatable bonds is 4. The van der Waals surface area contributed by atoms with E-state index in [1.54, 1.807) is 0 Å². The molecular weight excluding hydrogens is 230 g/mol. The number of pyridine rings is 1. The minimum Gasteiger partial charge on any atom is -0.260 e. The third kappa shape index (κ3) is 3.44. The van der Waals surface area contributed by atoms with Crippen LogP contribution in [0.1, 0.15) is 44.9 Å². The van der Waals surface area contributed by atoms with E-state index in [1.807, 2.05) is 12.3 Å². The molecule has 0 bridgehead atoms. The summed E-state index contributed by atoms with van der Waals surface area (Å²) in [4.78, 5) is 4.53. The average molecular weight is 253 g/mol. The standard InChI is InChI=1S/C18H23N/c1-13(2)12-15-7-9-16(10-8-15)17-6-5-11-19-18(17)14(3)4/h5-11,13-14H,12H2,1-4H3. The molecule has 2 aromatic rings. The lowest BCUT2D eigenvalue weighted by Crippen LogP contribution is -1.97. The van der Waals surface area contributed by atoms with Crippen molar-refractivity contribution in [3.05, 3.63) is 53.9 Å². The summed E-state index contributed by atoms with van der Waals surface area (Å²) in [7, 11) is 0. The second kappa shape index (κ2) is 6.01. The van der Waals surface area contributed by atoms with Crippen molar-refractivity contribution in [2.24, 2.45) is 5.92 Å². The second-order valence-electron chi connectivity index (χ2n) is 5.89. The molecule has 0 unspecified atom stereocenters. The molecular formula is C18H23N. The molecule has 1 heteroatoms. The molecule has 1 heterocycles. The van der Waals surface area contributed by atoms with Gasteiger partial charge in [0.1, 0.15) is 0 Å². The minimum absolute atomic E-state index is 0.451. The van der Waals surface area contributed by atoms with Crippen molar-refractivity contribution < 1.29 is 0 Å². The van der Waals surface area contributed by atoms with Gasteiger partial charge >= 0.3 is 0 Å². The van der Waals surface area contributed by atoms with Gasteiger partial charge in [0.05, 0.1) is 5.69 Å². The third-order valence-electron chi connectivity index (χ3n) is 3.29. The van der Waals surface area contributed by atoms with E-state index < -0.39 is 0 Å². The maximum atomic E-state index is 4.53. The highest BCUT2D eigenvalue weighted by Gasteiger charge is 2.09. The van der Waals surface area contributed by atoms with Crippen LogP contribution in [0.15, 0.2) is 42.6 Å². The number of hydrogen-bond donors (Lipinski definition) is 0. The van der Waals surface area contributed by atoms with Gasteiger partial charge in [0.15, 0.2) is 0 Å². The average Bonchev–Trinajstić information content (AvgIpc) is 2.39. The van der Waals surface area contributed by atoms with Gasteiger partial charge in [-0.25, -0.2) is 0 Å². The molecule has 19 heavy (non-hydrogen) atoms. The summed E-state index contributed by atoms with van der Waals surface area (Å²) >= 11 is 0. The largest absolute Gasteiger partial charge is 0.260 e. The summed E-state index contributed by atoms with van der Waals surface area (Å²) in [5.74, 6) is 1.15. The van der Waals surface area contributed by atoms with Gasteiger partial charge in [-0.1, -0.05) is 58.0 Å². The van der Waals surface area contributed by atoms with Gasteiger partial charge in [-0.15, -0.1) is 0 Å². The summed E-state index contributed by atoms with van der Waals surface area (Å²) in [5, 5.41) is 0. The minimum atomic E-state index is 0.451. The predicted octanol–water partition coefficient (Wildman–Crippen LogP) is 5.07. The number of nitrogens with zero attached hydrogens (tertiary/aromatic N) is 1. The molecule has 1 aromatic carbocycles. The molecule has 2 rings (SSSR count). The summed E-state index contributed by atoms with van der Waals surface area (Å²) in [6, 6.07) is 13.1. The van der Waals surface area contributed by atoms with E-state index in [9.17, 15) is 0 Å². The van der Waals surface area contributed by atoms with Crippen LogP contribution in [-0.2, 0) is 6.42 Å². The van der Waals surface area contributed by atoms with Crippen LogP contribution in [0, 0.1) is 5.92 Å². The van der Waals surface area contributed by atoms with E-state index >= 15 is 0 Å². The van der Waals surface area contributed by atoms with Gasteiger partial charge in [-0.2, -0.15) is 0 Å². The van der Waals surface area contributed by atoms with E-state index in [-0.39, 0.29) is 0 Å². The van der Waals surface area contributed by atoms with Gasteiger partial charge in [0.2, 0.25) is 0 Å². The van der Waals surface area contributed by atoms with Gasteiger partial charge in [-0.3, -0.25) is 4.98 Å². The molecule has 0 N–H and O–H groups in total. The Labute approximate surface area is 116 Å². The molecule has 0 aliphatic heterocycles. The highest BCUT2D eigenvalue weighted by molar-refractivity contribution is 5.66. The number of aromatic nitrogens is 1. The van der Waals surface area contributed by atoms with Crippen molar-refractivity contribution in [1.82, 2.24) is 4.98 Å². The Morgan fingerprint density at radius 3 is 2.21 bits per heavy atom. The number of benzene rings is 1. The van der Waals surface area contributed by atoms with E-state index in [0.29, 0.717) is 11.8 Å². The lowest BCUT2D eigenvalue weighted by molar-refractivity contribution is 0.647. The Balaban J connectivity index is 2.32. The van der Waals surface area contributed by atoms with Crippen LogP contribution >= 0.6 is 0 Å². The molecule has 0 aliphatic carbocycles. The molecule has 0 fully saturated rings. The maximum Gasteiger partial charge on any atom is 0.0507 e. The Kier molecular flexibility index (Phi) is 4.36. The van der Waals surface area contributed by atoms with Crippen LogP contribution < -0.4 is 0 Å². The highest BCUT2D eigenvalue weighted by atomic mass is 14.7. The van der Waals surface area contributed by atoms with Crippen LogP contribution in [0.25, 0.3) is 11.1 Å². The predicted molar refractivity (Wildman–Crippen MR) is 82.3 cm³/mol. The van der Waals surface area contributed by atoms with Crippen molar-refractivity contribution in [1.29, 1.82) is 0 Å². The SMILES string of the molecule is CC(C)Cc1ccc(-c2cccnc2C(C)C)cc1. The topological polar surface area (TPSA) is 12.9 Å². The van der Waals surface area contributed by atoms with Crippen molar-refractivity contribution in [2.75, 3.05) is 0 Å². The van der Waals surface area contributed by atoms with Crippen LogP contribution in [0.5, 0.6) is 0 Å². The van der Waals surface area contributed by atoms with Crippen LogP contribution in [-0.4, -0.2) is 4.98 Å². The quantitative estimate of drug-likeness (QED) is 0.741. The summed E-state index contributed by atoms with van der Waals surface area (Å²) < 4.78 is 0. The first-order chi connectivity index (χ1) is 9.08. The van der Waals surface area contributed by atoms with E-state index in [2.05, 4.69) is 63.0 Å². The molecule has 0 amide bonds. The smallest absolute Gasteiger partial charge is 0.0507 e. The molecule has 0 saturated heterocycles. The van der Waals surface area contributed by atoms with Crippen LogP contribution in [0.2, 0.25) is 0 Å². The maximum absolute atomic E-state index is 4.53. The summed E-state index contributed by atoms with van der Waals surface area (Å²) in [5.41, 5.74) is 5.12. The Morgan fingerprint density at radius 1 is 0.947 bits per heavy atom. The first kappa shape index (κ1) is 13.8. The molecule has 1 aromatic heterocycles. The van der Waals surface area contributed by atoms with Crippen molar-refractivity contribution >= 4 is 0 Å². The fraction of sp³-hybridized carbons (Fsp3) is 0.389. The van der Waals surface area contributed by atoms with Gasteiger partial charge in [0, 0.05) is 11.8 Å². The Hall–Kier alpha value is -1.63. The zero-order chi connectivity index (χ0) is 13.8. The molecule has 1 nitrogen and oxygen atoms in total. The van der Waals surface area contributed by atoms with E-state index in [0.717, 1.165) is 6.42 Å². The van der Waals surface area contributed by atoms with Crippen molar-refractivity contribution in [3.63, 3.8) is 0 Å². The first-order valence-electron chi connectivity index (χ1n) is 7.12. The van der Waals surface area contributed by atoms with Gasteiger partial charge in [0.25, 0.3) is 0 Å². The zero-order valence-corrected chi connectivity index (χ0v) is 12.4. The number of hydrogen-bond acceptors (Lipinski definition) is 1. The molecule has 0 aliphatic rings. The van der Waals surface area contributed by atoms with Gasteiger partial charge < -0.3 is 0 Å². The fourth-order valence-corrected chi connectivity index (χ4v) is 2.41. The molecule has 0 atom stereocenters. The van der Waals surface area contributed by atoms with E-state index in [4.69, 9.17) is 0 Å². The van der Waals surface area contributed by atoms with Crippen LogP contribution in [0.3, 0.4) is 0 Å². The van der Waals surface area contributed by atoms with Gasteiger partial charge in [-0.05, 0) is 35.4 Å². The highest BCUT2D eigenvalue weighted by Crippen LogP contribution is 2.27. The molecule has 0 saturated carbocycles. The van der Waals surface area contributed by atoms with E-state index in [1.165, 1.54) is 22.4 Å². The zero-order valence-electron chi connectivity index (χ0n) is 12.4. The normalized spacial score (nSPS) is 11.3. The third-order valence-corrected chi connectivity index (χ3v) is 3.29. The van der Waals surface area contributed by atoms with Crippen molar-refractivity contribution in [3.8, 4) is 11.1 Å². The fourth-order valence-electron chi connectivity index (χ4n) is 2.41. The lowest BCUT2D eigenvalue weighted by atomic mass is 9.95.